The standard InChI is InChI=1S/C33H29Br2N3O7S/c1-5-43-32(40)28-19(4)36-33-37(29(28)23-8-6-7-9-26(23)45-18(2)3)31(39)27(46-33)16-21-14-24(35)30(25(15-21)38(41)42)44-17-20-10-12-22(34)13-11-20/h6-16,18,29H,5,17H2,1-4H3/b27-16-/t29-/m1/s1. The van der Waals surface area contributed by atoms with Crippen molar-refractivity contribution in [1.82, 2.24) is 4.57 Å². The van der Waals surface area contributed by atoms with Crippen LogP contribution in [0, 0.1) is 10.1 Å². The number of nitro benzene ring substituents is 1. The van der Waals surface area contributed by atoms with Gasteiger partial charge in [0.1, 0.15) is 18.4 Å². The second-order valence-electron chi connectivity index (χ2n) is 10.5. The van der Waals surface area contributed by atoms with Crippen LogP contribution >= 0.6 is 43.2 Å². The summed E-state index contributed by atoms with van der Waals surface area (Å²) in [6, 6.07) is 16.8. The van der Waals surface area contributed by atoms with E-state index in [4.69, 9.17) is 14.2 Å². The number of carbonyl (C=O) groups excluding carboxylic acids is 1. The molecular formula is C33H29Br2N3O7S. The molecule has 0 radical (unpaired) electrons. The van der Waals surface area contributed by atoms with Crippen molar-refractivity contribution >= 4 is 60.9 Å². The molecular weight excluding hydrogens is 742 g/mol. The minimum atomic E-state index is -0.872. The SMILES string of the molecule is CCOC(=O)C1=C(C)N=c2s/c(=C\c3cc(Br)c(OCc4ccc(Br)cc4)c([N+](=O)[O-])c3)c(=O)n2[C@@H]1c1ccccc1OC(C)C. The maximum atomic E-state index is 14.1. The van der Waals surface area contributed by atoms with Gasteiger partial charge >= 0.3 is 11.7 Å². The fourth-order valence-corrected chi connectivity index (χ4v) is 6.89. The molecule has 1 aliphatic heterocycles. The van der Waals surface area contributed by atoms with E-state index in [1.807, 2.05) is 56.3 Å². The summed E-state index contributed by atoms with van der Waals surface area (Å²) in [5.41, 5.74) is 1.81. The van der Waals surface area contributed by atoms with Gasteiger partial charge in [-0.25, -0.2) is 9.79 Å². The third-order valence-corrected chi connectivity index (χ3v) is 9.03. The van der Waals surface area contributed by atoms with Crippen LogP contribution in [0.3, 0.4) is 0 Å². The Labute approximate surface area is 285 Å². The molecule has 5 rings (SSSR count). The molecule has 1 atom stereocenters. The molecule has 0 fully saturated rings. The molecule has 0 aliphatic carbocycles. The lowest BCUT2D eigenvalue weighted by Gasteiger charge is -2.26. The quantitative estimate of drug-likeness (QED) is 0.101. The number of para-hydroxylation sites is 1. The molecule has 238 valence electrons. The molecule has 0 N–H and O–H groups in total. The van der Waals surface area contributed by atoms with Crippen molar-refractivity contribution in [2.24, 2.45) is 4.99 Å². The Bertz CT molecular complexity index is 2040. The number of thiazole rings is 1. The molecule has 0 saturated carbocycles. The van der Waals surface area contributed by atoms with Crippen LogP contribution in [0.4, 0.5) is 5.69 Å². The first kappa shape index (κ1) is 33.3. The van der Waals surface area contributed by atoms with Gasteiger partial charge in [-0.05, 0) is 85.1 Å². The fourth-order valence-electron chi connectivity index (χ4n) is 5.00. The summed E-state index contributed by atoms with van der Waals surface area (Å²) < 4.78 is 20.3. The van der Waals surface area contributed by atoms with Gasteiger partial charge in [-0.1, -0.05) is 57.6 Å². The number of allylic oxidation sites excluding steroid dienone is 1. The smallest absolute Gasteiger partial charge is 0.338 e. The zero-order valence-corrected chi connectivity index (χ0v) is 29.3. The molecule has 3 aromatic carbocycles. The summed E-state index contributed by atoms with van der Waals surface area (Å²) in [7, 11) is 0. The van der Waals surface area contributed by atoms with Gasteiger partial charge in [-0.15, -0.1) is 0 Å². The van der Waals surface area contributed by atoms with Crippen molar-refractivity contribution < 1.29 is 23.9 Å². The molecule has 10 nitrogen and oxygen atoms in total. The van der Waals surface area contributed by atoms with Crippen molar-refractivity contribution in [2.75, 3.05) is 6.61 Å². The summed E-state index contributed by atoms with van der Waals surface area (Å²) in [5.74, 6) is 0.00973. The second kappa shape index (κ2) is 14.1. The van der Waals surface area contributed by atoms with Crippen molar-refractivity contribution in [3.63, 3.8) is 0 Å². The topological polar surface area (TPSA) is 122 Å². The largest absolute Gasteiger partial charge is 0.491 e. The number of ether oxygens (including phenoxy) is 3. The first-order valence-corrected chi connectivity index (χ1v) is 16.7. The number of fused-ring (bicyclic) bond motifs is 1. The summed E-state index contributed by atoms with van der Waals surface area (Å²) in [4.78, 5) is 44.0. The number of aromatic nitrogens is 1. The molecule has 0 unspecified atom stereocenters. The molecule has 0 amide bonds. The summed E-state index contributed by atoms with van der Waals surface area (Å²) in [6.07, 6.45) is 1.40. The molecule has 2 heterocycles. The van der Waals surface area contributed by atoms with Crippen LogP contribution in [0.5, 0.6) is 11.5 Å². The Morgan fingerprint density at radius 3 is 2.54 bits per heavy atom. The third-order valence-electron chi connectivity index (χ3n) is 6.93. The maximum absolute atomic E-state index is 14.1. The van der Waals surface area contributed by atoms with E-state index in [9.17, 15) is 19.7 Å². The van der Waals surface area contributed by atoms with E-state index in [2.05, 4.69) is 36.9 Å². The van der Waals surface area contributed by atoms with Crippen LogP contribution in [0.1, 0.15) is 50.4 Å². The predicted octanol–water partition coefficient (Wildman–Crippen LogP) is 6.60. The van der Waals surface area contributed by atoms with Crippen LogP contribution in [-0.4, -0.2) is 28.2 Å². The van der Waals surface area contributed by atoms with E-state index in [0.29, 0.717) is 31.8 Å². The van der Waals surface area contributed by atoms with Crippen LogP contribution in [0.25, 0.3) is 6.08 Å². The van der Waals surface area contributed by atoms with E-state index < -0.39 is 22.5 Å². The first-order valence-electron chi connectivity index (χ1n) is 14.3. The summed E-state index contributed by atoms with van der Waals surface area (Å²) in [5, 5.41) is 12.1. The molecule has 1 aromatic heterocycles. The van der Waals surface area contributed by atoms with Gasteiger partial charge < -0.3 is 14.2 Å². The number of halogens is 2. The normalized spacial score (nSPS) is 14.6. The molecule has 1 aliphatic rings. The van der Waals surface area contributed by atoms with Gasteiger partial charge in [0.05, 0.1) is 37.9 Å². The number of esters is 1. The van der Waals surface area contributed by atoms with Gasteiger partial charge in [0.2, 0.25) is 5.75 Å². The highest BCUT2D eigenvalue weighted by molar-refractivity contribution is 9.10. The Morgan fingerprint density at radius 1 is 1.15 bits per heavy atom. The molecule has 46 heavy (non-hydrogen) atoms. The van der Waals surface area contributed by atoms with Gasteiger partial charge in [0.15, 0.2) is 4.80 Å². The average molecular weight is 771 g/mol. The van der Waals surface area contributed by atoms with Crippen LogP contribution < -0.4 is 24.4 Å². The van der Waals surface area contributed by atoms with Gasteiger partial charge in [0.25, 0.3) is 5.56 Å². The number of hydrogen-bond donors (Lipinski definition) is 0. The van der Waals surface area contributed by atoms with Gasteiger partial charge in [-0.2, -0.15) is 0 Å². The molecule has 0 spiro atoms. The van der Waals surface area contributed by atoms with Crippen molar-refractivity contribution in [1.29, 1.82) is 0 Å². The predicted molar refractivity (Wildman–Crippen MR) is 182 cm³/mol. The molecule has 4 aromatic rings. The van der Waals surface area contributed by atoms with Crippen LogP contribution in [0.2, 0.25) is 0 Å². The summed E-state index contributed by atoms with van der Waals surface area (Å²) >= 11 is 7.94. The minimum Gasteiger partial charge on any atom is -0.491 e. The van der Waals surface area contributed by atoms with Crippen molar-refractivity contribution in [3.05, 3.63) is 127 Å². The number of nitro groups is 1. The van der Waals surface area contributed by atoms with E-state index in [1.165, 1.54) is 10.6 Å². The lowest BCUT2D eigenvalue weighted by Crippen LogP contribution is -2.40. The van der Waals surface area contributed by atoms with Crippen LogP contribution in [0.15, 0.2) is 90.7 Å². The van der Waals surface area contributed by atoms with E-state index in [-0.39, 0.29) is 40.9 Å². The average Bonchev–Trinajstić information content (AvgIpc) is 3.30. The Balaban J connectivity index is 1.62. The van der Waals surface area contributed by atoms with E-state index >= 15 is 0 Å². The highest BCUT2D eigenvalue weighted by Gasteiger charge is 2.35. The lowest BCUT2D eigenvalue weighted by atomic mass is 9.95. The molecule has 0 bridgehead atoms. The summed E-state index contributed by atoms with van der Waals surface area (Å²) in [6.45, 7) is 7.47. The van der Waals surface area contributed by atoms with Gasteiger partial charge in [0, 0.05) is 16.1 Å². The Kier molecular flexibility index (Phi) is 10.2. The molecule has 13 heteroatoms. The first-order chi connectivity index (χ1) is 22.0. The van der Waals surface area contributed by atoms with E-state index in [1.54, 1.807) is 32.1 Å². The van der Waals surface area contributed by atoms with Gasteiger partial charge in [-0.3, -0.25) is 19.5 Å². The Morgan fingerprint density at radius 2 is 1.87 bits per heavy atom. The maximum Gasteiger partial charge on any atom is 0.338 e. The van der Waals surface area contributed by atoms with Crippen molar-refractivity contribution in [3.8, 4) is 11.5 Å². The number of benzene rings is 3. The van der Waals surface area contributed by atoms with Crippen LogP contribution in [-0.2, 0) is 16.1 Å². The lowest BCUT2D eigenvalue weighted by molar-refractivity contribution is -0.386. The highest BCUT2D eigenvalue weighted by atomic mass is 79.9. The zero-order chi connectivity index (χ0) is 33.1. The van der Waals surface area contributed by atoms with E-state index in [0.717, 1.165) is 21.4 Å². The number of rotatable bonds is 10. The number of carbonyl (C=O) groups is 1. The number of hydrogen-bond acceptors (Lipinski definition) is 9. The fraction of sp³-hybridized carbons (Fsp3) is 0.242. The zero-order valence-electron chi connectivity index (χ0n) is 25.3. The Hall–Kier alpha value is -4.07. The van der Waals surface area contributed by atoms with Crippen molar-refractivity contribution in [2.45, 2.75) is 46.4 Å². The molecule has 0 saturated heterocycles. The monoisotopic (exact) mass is 769 g/mol. The minimum absolute atomic E-state index is 0.0722. The second-order valence-corrected chi connectivity index (χ2v) is 13.3. The number of nitrogens with zero attached hydrogens (tertiary/aromatic N) is 3. The third kappa shape index (κ3) is 7.01. The highest BCUT2D eigenvalue weighted by Crippen LogP contribution is 2.38.